The van der Waals surface area contributed by atoms with Crippen molar-refractivity contribution in [1.82, 2.24) is 15.3 Å². The molecular weight excluding hydrogens is 241 g/mol. The van der Waals surface area contributed by atoms with Crippen molar-refractivity contribution in [1.29, 1.82) is 0 Å². The van der Waals surface area contributed by atoms with E-state index in [2.05, 4.69) is 15.3 Å². The van der Waals surface area contributed by atoms with Crippen LogP contribution in [0.15, 0.2) is 30.6 Å². The van der Waals surface area contributed by atoms with Gasteiger partial charge in [0.1, 0.15) is 11.6 Å². The normalized spacial score (nSPS) is 12.6. The maximum Gasteiger partial charge on any atom is 0.127 e. The van der Waals surface area contributed by atoms with Crippen molar-refractivity contribution >= 4 is 11.6 Å². The Labute approximate surface area is 104 Å². The number of imidazole rings is 1. The average molecular weight is 254 g/mol. The van der Waals surface area contributed by atoms with Crippen molar-refractivity contribution in [2.45, 2.75) is 13.0 Å². The first kappa shape index (κ1) is 12.1. The monoisotopic (exact) mass is 253 g/mol. The van der Waals surface area contributed by atoms with E-state index in [0.717, 1.165) is 12.4 Å². The van der Waals surface area contributed by atoms with Gasteiger partial charge in [-0.3, -0.25) is 0 Å². The van der Waals surface area contributed by atoms with Gasteiger partial charge in [-0.1, -0.05) is 18.5 Å². The minimum absolute atomic E-state index is 0.224. The molecule has 0 bridgehead atoms. The van der Waals surface area contributed by atoms with E-state index in [1.165, 1.54) is 12.1 Å². The van der Waals surface area contributed by atoms with E-state index in [-0.39, 0.29) is 11.9 Å². The Balaban J connectivity index is 2.42. The predicted molar refractivity (Wildman–Crippen MR) is 65.5 cm³/mol. The highest BCUT2D eigenvalue weighted by atomic mass is 35.5. The summed E-state index contributed by atoms with van der Waals surface area (Å²) in [5.41, 5.74) is 0.684. The summed E-state index contributed by atoms with van der Waals surface area (Å²) < 4.78 is 13.3. The van der Waals surface area contributed by atoms with Crippen LogP contribution in [0.1, 0.15) is 24.4 Å². The van der Waals surface area contributed by atoms with Gasteiger partial charge >= 0.3 is 0 Å². The molecular formula is C12H13ClFN3. The van der Waals surface area contributed by atoms with Gasteiger partial charge in [-0.05, 0) is 30.3 Å². The summed E-state index contributed by atoms with van der Waals surface area (Å²) in [4.78, 5) is 7.20. The molecule has 0 saturated heterocycles. The number of aromatic amines is 1. The van der Waals surface area contributed by atoms with Crippen LogP contribution in [0, 0.1) is 5.82 Å². The molecule has 0 radical (unpaired) electrons. The van der Waals surface area contributed by atoms with E-state index in [9.17, 15) is 4.39 Å². The third-order valence-electron chi connectivity index (χ3n) is 2.47. The van der Waals surface area contributed by atoms with Crippen LogP contribution in [0.5, 0.6) is 0 Å². The first-order valence-corrected chi connectivity index (χ1v) is 5.77. The second kappa shape index (κ2) is 5.29. The maximum atomic E-state index is 13.3. The molecule has 1 unspecified atom stereocenters. The van der Waals surface area contributed by atoms with Gasteiger partial charge in [0.2, 0.25) is 0 Å². The second-order valence-electron chi connectivity index (χ2n) is 3.63. The van der Waals surface area contributed by atoms with Gasteiger partial charge in [0.25, 0.3) is 0 Å². The lowest BCUT2D eigenvalue weighted by Crippen LogP contribution is -2.23. The highest BCUT2D eigenvalue weighted by Crippen LogP contribution is 2.27. The van der Waals surface area contributed by atoms with Crippen LogP contribution >= 0.6 is 11.6 Å². The van der Waals surface area contributed by atoms with Crippen LogP contribution in [-0.4, -0.2) is 16.5 Å². The molecule has 0 saturated carbocycles. The topological polar surface area (TPSA) is 40.7 Å². The van der Waals surface area contributed by atoms with E-state index in [1.54, 1.807) is 18.5 Å². The molecule has 90 valence electrons. The molecule has 0 aliphatic rings. The number of hydrogen-bond donors (Lipinski definition) is 2. The number of hydrogen-bond acceptors (Lipinski definition) is 2. The largest absolute Gasteiger partial charge is 0.347 e. The summed E-state index contributed by atoms with van der Waals surface area (Å²) in [5.74, 6) is 0.415. The van der Waals surface area contributed by atoms with Gasteiger partial charge in [0.05, 0.1) is 6.04 Å². The highest BCUT2D eigenvalue weighted by molar-refractivity contribution is 6.31. The van der Waals surface area contributed by atoms with Gasteiger partial charge in [-0.25, -0.2) is 9.37 Å². The lowest BCUT2D eigenvalue weighted by atomic mass is 10.1. The van der Waals surface area contributed by atoms with Crippen molar-refractivity contribution < 1.29 is 4.39 Å². The number of halogens is 2. The summed E-state index contributed by atoms with van der Waals surface area (Å²) in [7, 11) is 0. The lowest BCUT2D eigenvalue weighted by molar-refractivity contribution is 0.588. The Morgan fingerprint density at radius 2 is 2.35 bits per heavy atom. The van der Waals surface area contributed by atoms with E-state index in [0.29, 0.717) is 10.6 Å². The summed E-state index contributed by atoms with van der Waals surface area (Å²) in [6, 6.07) is 4.10. The Bertz CT molecular complexity index is 485. The van der Waals surface area contributed by atoms with Crippen LogP contribution in [-0.2, 0) is 0 Å². The molecule has 0 aliphatic carbocycles. The van der Waals surface area contributed by atoms with Gasteiger partial charge < -0.3 is 10.3 Å². The Hall–Kier alpha value is -1.39. The fraction of sp³-hybridized carbons (Fsp3) is 0.250. The minimum atomic E-state index is -0.307. The van der Waals surface area contributed by atoms with Crippen LogP contribution in [0.4, 0.5) is 4.39 Å². The number of benzene rings is 1. The lowest BCUT2D eigenvalue weighted by Gasteiger charge is -2.17. The molecule has 1 atom stereocenters. The molecule has 1 aromatic heterocycles. The van der Waals surface area contributed by atoms with Crippen LogP contribution in [0.3, 0.4) is 0 Å². The Kier molecular flexibility index (Phi) is 3.76. The van der Waals surface area contributed by atoms with E-state index in [4.69, 9.17) is 11.6 Å². The molecule has 1 heterocycles. The van der Waals surface area contributed by atoms with Gasteiger partial charge in [0.15, 0.2) is 0 Å². The quantitative estimate of drug-likeness (QED) is 0.880. The molecule has 17 heavy (non-hydrogen) atoms. The molecule has 0 aliphatic heterocycles. The van der Waals surface area contributed by atoms with Crippen LogP contribution in [0.25, 0.3) is 0 Å². The minimum Gasteiger partial charge on any atom is -0.347 e. The number of nitrogens with zero attached hydrogens (tertiary/aromatic N) is 1. The standard InChI is InChI=1S/C12H13ClFN3/c1-2-15-11(12-16-5-6-17-12)9-7-8(14)3-4-10(9)13/h3-7,11,15H,2H2,1H3,(H,16,17). The summed E-state index contributed by atoms with van der Waals surface area (Å²) in [5, 5.41) is 3.75. The van der Waals surface area contributed by atoms with Gasteiger partial charge in [0, 0.05) is 17.4 Å². The van der Waals surface area contributed by atoms with Crippen molar-refractivity contribution in [2.24, 2.45) is 0 Å². The zero-order valence-electron chi connectivity index (χ0n) is 9.37. The summed E-state index contributed by atoms with van der Waals surface area (Å²) in [6.45, 7) is 2.71. The second-order valence-corrected chi connectivity index (χ2v) is 4.04. The first-order chi connectivity index (χ1) is 8.22. The molecule has 0 fully saturated rings. The smallest absolute Gasteiger partial charge is 0.127 e. The zero-order chi connectivity index (χ0) is 12.3. The molecule has 2 aromatic rings. The molecule has 3 nitrogen and oxygen atoms in total. The molecule has 2 N–H and O–H groups in total. The van der Waals surface area contributed by atoms with Crippen LogP contribution in [0.2, 0.25) is 5.02 Å². The number of rotatable bonds is 4. The van der Waals surface area contributed by atoms with E-state index in [1.807, 2.05) is 6.92 Å². The maximum absolute atomic E-state index is 13.3. The van der Waals surface area contributed by atoms with E-state index < -0.39 is 0 Å². The molecule has 5 heteroatoms. The molecule has 0 spiro atoms. The SMILES string of the molecule is CCNC(c1ncc[nH]1)c1cc(F)ccc1Cl. The Morgan fingerprint density at radius 1 is 1.53 bits per heavy atom. The van der Waals surface area contributed by atoms with Gasteiger partial charge in [-0.2, -0.15) is 0 Å². The van der Waals surface area contributed by atoms with Crippen molar-refractivity contribution in [3.8, 4) is 0 Å². The number of nitrogens with one attached hydrogen (secondary N) is 2. The molecule has 2 rings (SSSR count). The third-order valence-corrected chi connectivity index (χ3v) is 2.81. The highest BCUT2D eigenvalue weighted by Gasteiger charge is 2.18. The Morgan fingerprint density at radius 3 is 3.00 bits per heavy atom. The van der Waals surface area contributed by atoms with Crippen molar-refractivity contribution in [3.63, 3.8) is 0 Å². The first-order valence-electron chi connectivity index (χ1n) is 5.40. The molecule has 1 aromatic carbocycles. The fourth-order valence-corrected chi connectivity index (χ4v) is 1.96. The van der Waals surface area contributed by atoms with Gasteiger partial charge in [-0.15, -0.1) is 0 Å². The fourth-order valence-electron chi connectivity index (χ4n) is 1.73. The summed E-state index contributed by atoms with van der Waals surface area (Å²) in [6.07, 6.45) is 3.39. The van der Waals surface area contributed by atoms with Crippen molar-refractivity contribution in [3.05, 3.63) is 52.8 Å². The molecule has 0 amide bonds. The van der Waals surface area contributed by atoms with Crippen molar-refractivity contribution in [2.75, 3.05) is 6.54 Å². The predicted octanol–water partition coefficient (Wildman–Crippen LogP) is 2.90. The third kappa shape index (κ3) is 2.65. The van der Waals surface area contributed by atoms with Crippen LogP contribution < -0.4 is 5.32 Å². The van der Waals surface area contributed by atoms with E-state index >= 15 is 0 Å². The zero-order valence-corrected chi connectivity index (χ0v) is 10.1. The number of aromatic nitrogens is 2. The average Bonchev–Trinajstić information content (AvgIpc) is 2.83. The summed E-state index contributed by atoms with van der Waals surface area (Å²) >= 11 is 6.10. The number of H-pyrrole nitrogens is 1.